The van der Waals surface area contributed by atoms with Gasteiger partial charge in [0.2, 0.25) is 0 Å². The van der Waals surface area contributed by atoms with E-state index in [0.29, 0.717) is 12.8 Å². The van der Waals surface area contributed by atoms with Crippen LogP contribution in [-0.4, -0.2) is 28.6 Å². The second kappa shape index (κ2) is 4.81. The Morgan fingerprint density at radius 3 is 2.08 bits per heavy atom. The minimum absolute atomic E-state index is 0.0535. The highest BCUT2D eigenvalue weighted by atomic mass is 19.4. The Balaban J connectivity index is 3.80. The van der Waals surface area contributed by atoms with Crippen LogP contribution in [0.1, 0.15) is 32.6 Å². The molecule has 5 heteroatoms. The molecule has 0 aliphatic rings. The van der Waals surface area contributed by atoms with Crippen LogP contribution in [0.2, 0.25) is 0 Å². The molecule has 0 aliphatic carbocycles. The SMILES string of the molecule is CC(O)(CCCCO)CC(F)(F)F. The van der Waals surface area contributed by atoms with Gasteiger partial charge in [0, 0.05) is 6.61 Å². The first-order chi connectivity index (χ1) is 5.77. The highest BCUT2D eigenvalue weighted by Gasteiger charge is 2.37. The van der Waals surface area contributed by atoms with E-state index >= 15 is 0 Å². The highest BCUT2D eigenvalue weighted by Crippen LogP contribution is 2.30. The van der Waals surface area contributed by atoms with E-state index in [1.54, 1.807) is 0 Å². The fourth-order valence-electron chi connectivity index (χ4n) is 1.14. The zero-order valence-electron chi connectivity index (χ0n) is 7.56. The Hall–Kier alpha value is -0.290. The lowest BCUT2D eigenvalue weighted by atomic mass is 9.95. The maximum Gasteiger partial charge on any atom is 0.391 e. The first-order valence-electron chi connectivity index (χ1n) is 4.17. The summed E-state index contributed by atoms with van der Waals surface area (Å²) >= 11 is 0. The minimum atomic E-state index is -4.33. The lowest BCUT2D eigenvalue weighted by Crippen LogP contribution is -2.31. The summed E-state index contributed by atoms with van der Waals surface area (Å²) in [5.74, 6) is 0. The van der Waals surface area contributed by atoms with Gasteiger partial charge >= 0.3 is 6.18 Å². The van der Waals surface area contributed by atoms with Crippen LogP contribution in [0.5, 0.6) is 0 Å². The Morgan fingerprint density at radius 1 is 1.15 bits per heavy atom. The largest absolute Gasteiger partial charge is 0.396 e. The van der Waals surface area contributed by atoms with Gasteiger partial charge < -0.3 is 10.2 Å². The zero-order valence-corrected chi connectivity index (χ0v) is 7.56. The molecule has 80 valence electrons. The number of halogens is 3. The molecule has 0 aromatic rings. The van der Waals surface area contributed by atoms with Gasteiger partial charge in [-0.05, 0) is 26.2 Å². The molecule has 1 atom stereocenters. The molecule has 13 heavy (non-hydrogen) atoms. The Kier molecular flexibility index (Phi) is 4.70. The lowest BCUT2D eigenvalue weighted by Gasteiger charge is -2.24. The molecule has 1 unspecified atom stereocenters. The number of alkyl halides is 3. The molecule has 2 N–H and O–H groups in total. The second-order valence-electron chi connectivity index (χ2n) is 3.47. The molecule has 0 aliphatic heterocycles. The summed E-state index contributed by atoms with van der Waals surface area (Å²) in [6.07, 6.45) is -4.63. The molecule has 0 saturated carbocycles. The molecule has 0 heterocycles. The van der Waals surface area contributed by atoms with Crippen molar-refractivity contribution < 1.29 is 23.4 Å². The molecule has 0 fully saturated rings. The molecule has 0 radical (unpaired) electrons. The first kappa shape index (κ1) is 12.7. The van der Waals surface area contributed by atoms with Crippen molar-refractivity contribution in [1.82, 2.24) is 0 Å². The number of aliphatic hydroxyl groups is 2. The van der Waals surface area contributed by atoms with Crippen molar-refractivity contribution in [3.05, 3.63) is 0 Å². The van der Waals surface area contributed by atoms with Crippen LogP contribution < -0.4 is 0 Å². The summed E-state index contributed by atoms with van der Waals surface area (Å²) in [6.45, 7) is 1.11. The van der Waals surface area contributed by atoms with Gasteiger partial charge in [-0.2, -0.15) is 13.2 Å². The van der Waals surface area contributed by atoms with Crippen molar-refractivity contribution in [2.24, 2.45) is 0 Å². The van der Waals surface area contributed by atoms with Gasteiger partial charge in [0.1, 0.15) is 0 Å². The van der Waals surface area contributed by atoms with Gasteiger partial charge in [-0.1, -0.05) is 0 Å². The molecular formula is C8H15F3O2. The van der Waals surface area contributed by atoms with E-state index in [-0.39, 0.29) is 13.0 Å². The molecule has 0 aromatic carbocycles. The first-order valence-corrected chi connectivity index (χ1v) is 4.17. The number of rotatable bonds is 5. The highest BCUT2D eigenvalue weighted by molar-refractivity contribution is 4.76. The Bertz CT molecular complexity index is 143. The second-order valence-corrected chi connectivity index (χ2v) is 3.47. The predicted octanol–water partition coefficient (Wildman–Crippen LogP) is 1.85. The summed E-state index contributed by atoms with van der Waals surface area (Å²) in [7, 11) is 0. The van der Waals surface area contributed by atoms with E-state index < -0.39 is 18.2 Å². The predicted molar refractivity (Wildman–Crippen MR) is 42.2 cm³/mol. The van der Waals surface area contributed by atoms with Gasteiger partial charge in [-0.25, -0.2) is 0 Å². The molecule has 2 nitrogen and oxygen atoms in total. The zero-order chi connectivity index (χ0) is 10.5. The van der Waals surface area contributed by atoms with Crippen molar-refractivity contribution in [3.63, 3.8) is 0 Å². The third-order valence-corrected chi connectivity index (χ3v) is 1.70. The van der Waals surface area contributed by atoms with Crippen LogP contribution in [-0.2, 0) is 0 Å². The third kappa shape index (κ3) is 8.05. The normalized spacial score (nSPS) is 17.1. The van der Waals surface area contributed by atoms with Crippen molar-refractivity contribution in [1.29, 1.82) is 0 Å². The van der Waals surface area contributed by atoms with E-state index in [1.165, 1.54) is 0 Å². The van der Waals surface area contributed by atoms with Gasteiger partial charge in [-0.15, -0.1) is 0 Å². The molecule has 0 spiro atoms. The topological polar surface area (TPSA) is 40.5 Å². The quantitative estimate of drug-likeness (QED) is 0.665. The number of aliphatic hydroxyl groups excluding tert-OH is 1. The van der Waals surface area contributed by atoms with Crippen LogP contribution in [0, 0.1) is 0 Å². The molecule has 0 bridgehead atoms. The molecule has 0 saturated heterocycles. The lowest BCUT2D eigenvalue weighted by molar-refractivity contribution is -0.173. The van der Waals surface area contributed by atoms with E-state index in [1.807, 2.05) is 0 Å². The van der Waals surface area contributed by atoms with Gasteiger partial charge in [-0.3, -0.25) is 0 Å². The van der Waals surface area contributed by atoms with E-state index in [2.05, 4.69) is 0 Å². The van der Waals surface area contributed by atoms with Crippen molar-refractivity contribution in [2.75, 3.05) is 6.61 Å². The summed E-state index contributed by atoms with van der Waals surface area (Å²) in [6, 6.07) is 0. The maximum absolute atomic E-state index is 11.9. The minimum Gasteiger partial charge on any atom is -0.396 e. The van der Waals surface area contributed by atoms with E-state index in [0.717, 1.165) is 6.92 Å². The van der Waals surface area contributed by atoms with Crippen molar-refractivity contribution in [3.8, 4) is 0 Å². The fourth-order valence-corrected chi connectivity index (χ4v) is 1.14. The number of hydrogen-bond donors (Lipinski definition) is 2. The third-order valence-electron chi connectivity index (χ3n) is 1.70. The number of unbranched alkanes of at least 4 members (excludes halogenated alkanes) is 1. The molecule has 0 amide bonds. The summed E-state index contributed by atoms with van der Waals surface area (Å²) in [5.41, 5.74) is -1.70. The van der Waals surface area contributed by atoms with Crippen molar-refractivity contribution in [2.45, 2.75) is 44.4 Å². The average Bonchev–Trinajstić information content (AvgIpc) is 1.81. The van der Waals surface area contributed by atoms with Gasteiger partial charge in [0.15, 0.2) is 0 Å². The molecule has 0 rings (SSSR count). The van der Waals surface area contributed by atoms with Gasteiger partial charge in [0.05, 0.1) is 12.0 Å². The van der Waals surface area contributed by atoms with Crippen molar-refractivity contribution >= 4 is 0 Å². The van der Waals surface area contributed by atoms with E-state index in [4.69, 9.17) is 5.11 Å². The number of hydrogen-bond acceptors (Lipinski definition) is 2. The molecule has 0 aromatic heterocycles. The van der Waals surface area contributed by atoms with Crippen LogP contribution in [0.15, 0.2) is 0 Å². The fraction of sp³-hybridized carbons (Fsp3) is 1.00. The summed E-state index contributed by atoms with van der Waals surface area (Å²) < 4.78 is 35.6. The summed E-state index contributed by atoms with van der Waals surface area (Å²) in [4.78, 5) is 0. The van der Waals surface area contributed by atoms with Gasteiger partial charge in [0.25, 0.3) is 0 Å². The Labute approximate surface area is 75.4 Å². The van der Waals surface area contributed by atoms with E-state index in [9.17, 15) is 18.3 Å². The van der Waals surface area contributed by atoms with Crippen LogP contribution in [0.25, 0.3) is 0 Å². The standard InChI is InChI=1S/C8H15F3O2/c1-7(13,4-2-3-5-12)6-8(9,10)11/h12-13H,2-6H2,1H3. The van der Waals surface area contributed by atoms with Crippen LogP contribution in [0.3, 0.4) is 0 Å². The molecular weight excluding hydrogens is 185 g/mol. The maximum atomic E-state index is 11.9. The van der Waals surface area contributed by atoms with Crippen LogP contribution in [0.4, 0.5) is 13.2 Å². The average molecular weight is 200 g/mol. The Morgan fingerprint density at radius 2 is 1.69 bits per heavy atom. The smallest absolute Gasteiger partial charge is 0.391 e. The van der Waals surface area contributed by atoms with Crippen LogP contribution >= 0.6 is 0 Å². The summed E-state index contributed by atoms with van der Waals surface area (Å²) in [5, 5.41) is 17.7. The monoisotopic (exact) mass is 200 g/mol.